The first kappa shape index (κ1) is 13.4. The van der Waals surface area contributed by atoms with E-state index in [4.69, 9.17) is 5.11 Å². The lowest BCUT2D eigenvalue weighted by Gasteiger charge is -2.08. The summed E-state index contributed by atoms with van der Waals surface area (Å²) in [4.78, 5) is 22.4. The summed E-state index contributed by atoms with van der Waals surface area (Å²) in [6.07, 6.45) is 1.96. The molecule has 1 aromatic rings. The van der Waals surface area contributed by atoms with Crippen LogP contribution < -0.4 is 0 Å². The van der Waals surface area contributed by atoms with Crippen LogP contribution in [-0.2, 0) is 11.2 Å². The van der Waals surface area contributed by atoms with Gasteiger partial charge in [-0.05, 0) is 12.0 Å². The van der Waals surface area contributed by atoms with Crippen molar-refractivity contribution in [2.24, 2.45) is 5.92 Å². The maximum Gasteiger partial charge on any atom is 0.304 e. The number of Topliss-reactive ketones (excluding diaryl/α,β-unsaturated/α-hetero) is 1. The average molecular weight is 234 g/mol. The van der Waals surface area contributed by atoms with E-state index in [1.807, 2.05) is 12.1 Å². The van der Waals surface area contributed by atoms with Crippen molar-refractivity contribution >= 4 is 11.8 Å². The van der Waals surface area contributed by atoms with Gasteiger partial charge in [-0.25, -0.2) is 0 Å². The molecule has 0 spiro atoms. The fourth-order valence-corrected chi connectivity index (χ4v) is 1.76. The van der Waals surface area contributed by atoms with Crippen LogP contribution in [0.4, 0.5) is 0 Å². The minimum absolute atomic E-state index is 0.101. The highest BCUT2D eigenvalue weighted by molar-refractivity contribution is 5.99. The van der Waals surface area contributed by atoms with E-state index in [1.165, 1.54) is 5.56 Å². The van der Waals surface area contributed by atoms with Gasteiger partial charge in [-0.15, -0.1) is 0 Å². The summed E-state index contributed by atoms with van der Waals surface area (Å²) in [5.74, 6) is -1.51. The molecule has 0 saturated heterocycles. The molecule has 1 rings (SSSR count). The van der Waals surface area contributed by atoms with E-state index < -0.39 is 11.9 Å². The van der Waals surface area contributed by atoms with Crippen LogP contribution in [0.5, 0.6) is 0 Å². The number of carboxylic acid groups (broad SMARTS) is 1. The van der Waals surface area contributed by atoms with Gasteiger partial charge in [0.25, 0.3) is 0 Å². The molecule has 0 aromatic heterocycles. The highest BCUT2D eigenvalue weighted by Crippen LogP contribution is 2.14. The topological polar surface area (TPSA) is 54.4 Å². The molecule has 0 fully saturated rings. The summed E-state index contributed by atoms with van der Waals surface area (Å²) in [6.45, 7) is 3.75. The molecule has 0 saturated carbocycles. The molecule has 0 bridgehead atoms. The quantitative estimate of drug-likeness (QED) is 0.770. The number of carbonyl (C=O) groups excluding carboxylic acids is 1. The van der Waals surface area contributed by atoms with E-state index in [9.17, 15) is 9.59 Å². The molecule has 1 N–H and O–H groups in total. The first-order chi connectivity index (χ1) is 8.04. The maximum absolute atomic E-state index is 11.9. The van der Waals surface area contributed by atoms with Gasteiger partial charge in [-0.1, -0.05) is 44.5 Å². The Morgan fingerprint density at radius 3 is 2.29 bits per heavy atom. The lowest BCUT2D eigenvalue weighted by Crippen LogP contribution is -2.15. The number of benzene rings is 1. The SMILES string of the molecule is CCCc1ccc(C(=O)C(C)CC(=O)O)cc1. The average Bonchev–Trinajstić information content (AvgIpc) is 2.28. The Morgan fingerprint density at radius 2 is 1.82 bits per heavy atom. The molecule has 0 amide bonds. The summed E-state index contributed by atoms with van der Waals surface area (Å²) in [5, 5.41) is 8.64. The van der Waals surface area contributed by atoms with E-state index in [1.54, 1.807) is 19.1 Å². The van der Waals surface area contributed by atoms with Crippen LogP contribution in [0, 0.1) is 5.92 Å². The Kier molecular flexibility index (Phi) is 4.88. The standard InChI is InChI=1S/C14H18O3/c1-3-4-11-5-7-12(8-6-11)14(17)10(2)9-13(15)16/h5-8,10H,3-4,9H2,1-2H3,(H,15,16). The zero-order valence-corrected chi connectivity index (χ0v) is 10.3. The number of hydrogen-bond donors (Lipinski definition) is 1. The normalized spacial score (nSPS) is 12.1. The fraction of sp³-hybridized carbons (Fsp3) is 0.429. The number of hydrogen-bond acceptors (Lipinski definition) is 2. The smallest absolute Gasteiger partial charge is 0.304 e. The first-order valence-electron chi connectivity index (χ1n) is 5.89. The lowest BCUT2D eigenvalue weighted by atomic mass is 9.95. The summed E-state index contributed by atoms with van der Waals surface area (Å²) < 4.78 is 0. The van der Waals surface area contributed by atoms with Gasteiger partial charge < -0.3 is 5.11 Å². The maximum atomic E-state index is 11.9. The molecule has 0 radical (unpaired) electrons. The monoisotopic (exact) mass is 234 g/mol. The van der Waals surface area contributed by atoms with Crippen molar-refractivity contribution < 1.29 is 14.7 Å². The highest BCUT2D eigenvalue weighted by atomic mass is 16.4. The number of carbonyl (C=O) groups is 2. The van der Waals surface area contributed by atoms with E-state index >= 15 is 0 Å². The van der Waals surface area contributed by atoms with Crippen molar-refractivity contribution in [3.63, 3.8) is 0 Å². The molecule has 17 heavy (non-hydrogen) atoms. The summed E-state index contributed by atoms with van der Waals surface area (Å²) in [5.41, 5.74) is 1.80. The van der Waals surface area contributed by atoms with E-state index in [0.29, 0.717) is 5.56 Å². The predicted molar refractivity (Wildman–Crippen MR) is 66.2 cm³/mol. The second kappa shape index (κ2) is 6.18. The minimum atomic E-state index is -0.937. The van der Waals surface area contributed by atoms with Gasteiger partial charge in [0.05, 0.1) is 6.42 Å². The Bertz CT molecular complexity index is 392. The summed E-state index contributed by atoms with van der Waals surface area (Å²) in [7, 11) is 0. The molecule has 1 aromatic carbocycles. The first-order valence-corrected chi connectivity index (χ1v) is 5.89. The molecule has 1 unspecified atom stereocenters. The van der Waals surface area contributed by atoms with E-state index in [2.05, 4.69) is 6.92 Å². The largest absolute Gasteiger partial charge is 0.481 e. The highest BCUT2D eigenvalue weighted by Gasteiger charge is 2.17. The summed E-state index contributed by atoms with van der Waals surface area (Å²) >= 11 is 0. The van der Waals surface area contributed by atoms with Crippen molar-refractivity contribution in [1.29, 1.82) is 0 Å². The van der Waals surface area contributed by atoms with Crippen LogP contribution in [0.15, 0.2) is 24.3 Å². The Hall–Kier alpha value is -1.64. The van der Waals surface area contributed by atoms with Crippen LogP contribution >= 0.6 is 0 Å². The van der Waals surface area contributed by atoms with Gasteiger partial charge in [-0.3, -0.25) is 9.59 Å². The molecule has 0 aliphatic carbocycles. The molecular formula is C14H18O3. The van der Waals surface area contributed by atoms with Crippen LogP contribution in [0.2, 0.25) is 0 Å². The second-order valence-electron chi connectivity index (χ2n) is 4.31. The Morgan fingerprint density at radius 1 is 1.24 bits per heavy atom. The van der Waals surface area contributed by atoms with Crippen molar-refractivity contribution in [2.45, 2.75) is 33.1 Å². The molecule has 3 heteroatoms. The third kappa shape index (κ3) is 4.02. The zero-order valence-electron chi connectivity index (χ0n) is 10.3. The lowest BCUT2D eigenvalue weighted by molar-refractivity contribution is -0.137. The van der Waals surface area contributed by atoms with Crippen LogP contribution in [0.3, 0.4) is 0 Å². The molecule has 92 valence electrons. The van der Waals surface area contributed by atoms with Crippen molar-refractivity contribution in [3.8, 4) is 0 Å². The van der Waals surface area contributed by atoms with Crippen LogP contribution in [-0.4, -0.2) is 16.9 Å². The van der Waals surface area contributed by atoms with Crippen molar-refractivity contribution in [3.05, 3.63) is 35.4 Å². The number of ketones is 1. The van der Waals surface area contributed by atoms with Gasteiger partial charge in [0, 0.05) is 11.5 Å². The number of aryl methyl sites for hydroxylation is 1. The molecule has 1 atom stereocenters. The van der Waals surface area contributed by atoms with E-state index in [-0.39, 0.29) is 12.2 Å². The predicted octanol–water partition coefficient (Wildman–Crippen LogP) is 2.93. The van der Waals surface area contributed by atoms with Crippen molar-refractivity contribution in [2.75, 3.05) is 0 Å². The number of carboxylic acids is 1. The molecule has 3 nitrogen and oxygen atoms in total. The van der Waals surface area contributed by atoms with Gasteiger partial charge in [0.1, 0.15) is 0 Å². The van der Waals surface area contributed by atoms with E-state index in [0.717, 1.165) is 12.8 Å². The zero-order chi connectivity index (χ0) is 12.8. The minimum Gasteiger partial charge on any atom is -0.481 e. The Labute approximate surface area is 101 Å². The van der Waals surface area contributed by atoms with Gasteiger partial charge in [0.2, 0.25) is 0 Å². The van der Waals surface area contributed by atoms with Crippen molar-refractivity contribution in [1.82, 2.24) is 0 Å². The molecule has 0 heterocycles. The summed E-state index contributed by atoms with van der Waals surface area (Å²) in [6, 6.07) is 7.44. The molecular weight excluding hydrogens is 216 g/mol. The van der Waals surface area contributed by atoms with Gasteiger partial charge in [-0.2, -0.15) is 0 Å². The second-order valence-corrected chi connectivity index (χ2v) is 4.31. The number of aliphatic carboxylic acids is 1. The molecule has 0 aliphatic heterocycles. The molecule has 0 aliphatic rings. The fourth-order valence-electron chi connectivity index (χ4n) is 1.76. The van der Waals surface area contributed by atoms with Gasteiger partial charge in [0.15, 0.2) is 5.78 Å². The third-order valence-electron chi connectivity index (χ3n) is 2.71. The van der Waals surface area contributed by atoms with Crippen LogP contribution in [0.25, 0.3) is 0 Å². The third-order valence-corrected chi connectivity index (χ3v) is 2.71. The number of rotatable bonds is 6. The Balaban J connectivity index is 2.72. The van der Waals surface area contributed by atoms with Crippen LogP contribution in [0.1, 0.15) is 42.6 Å². The van der Waals surface area contributed by atoms with Gasteiger partial charge >= 0.3 is 5.97 Å².